The lowest BCUT2D eigenvalue weighted by Crippen LogP contribution is -2.12. The number of hydrogen-bond acceptors (Lipinski definition) is 4. The summed E-state index contributed by atoms with van der Waals surface area (Å²) < 4.78 is 17.7. The summed E-state index contributed by atoms with van der Waals surface area (Å²) in [5.74, 6) is 2.26. The van der Waals surface area contributed by atoms with Crippen molar-refractivity contribution in [3.63, 3.8) is 0 Å². The minimum Gasteiger partial charge on any atom is -0.493 e. The molecule has 0 saturated heterocycles. The minimum atomic E-state index is -0.0783. The van der Waals surface area contributed by atoms with E-state index < -0.39 is 0 Å². The summed E-state index contributed by atoms with van der Waals surface area (Å²) in [4.78, 5) is 11.4. The van der Waals surface area contributed by atoms with Gasteiger partial charge in [-0.1, -0.05) is 58.7 Å². The molecule has 146 valence electrons. The highest BCUT2D eigenvalue weighted by Gasteiger charge is 2.21. The van der Waals surface area contributed by atoms with Crippen LogP contribution in [0.5, 0.6) is 23.0 Å². The summed E-state index contributed by atoms with van der Waals surface area (Å²) in [6, 6.07) is 11.3. The van der Waals surface area contributed by atoms with Crippen molar-refractivity contribution in [3.8, 4) is 23.0 Å². The molecule has 0 aromatic heterocycles. The highest BCUT2D eigenvalue weighted by molar-refractivity contribution is 5.78. The zero-order chi connectivity index (χ0) is 19.9. The van der Waals surface area contributed by atoms with Gasteiger partial charge in [-0.15, -0.1) is 0 Å². The van der Waals surface area contributed by atoms with Crippen LogP contribution in [0.4, 0.5) is 0 Å². The molecular weight excluding hydrogens is 340 g/mol. The van der Waals surface area contributed by atoms with Crippen LogP contribution in [0, 0.1) is 0 Å². The van der Waals surface area contributed by atoms with Crippen LogP contribution >= 0.6 is 0 Å². The molecule has 2 aromatic rings. The van der Waals surface area contributed by atoms with Gasteiger partial charge in [-0.25, -0.2) is 0 Å². The van der Waals surface area contributed by atoms with Gasteiger partial charge >= 0.3 is 0 Å². The highest BCUT2D eigenvalue weighted by Crippen LogP contribution is 2.43. The van der Waals surface area contributed by atoms with E-state index in [0.29, 0.717) is 29.4 Å². The van der Waals surface area contributed by atoms with Gasteiger partial charge in [-0.05, 0) is 30.0 Å². The third-order valence-corrected chi connectivity index (χ3v) is 4.31. The van der Waals surface area contributed by atoms with E-state index >= 15 is 0 Å². The number of carbonyl (C=O) groups is 1. The first-order valence-electron chi connectivity index (χ1n) is 9.48. The van der Waals surface area contributed by atoms with Crippen LogP contribution in [0.15, 0.2) is 36.4 Å². The molecule has 2 aromatic carbocycles. The molecule has 27 heavy (non-hydrogen) atoms. The number of aldehydes is 1. The maximum absolute atomic E-state index is 11.4. The lowest BCUT2D eigenvalue weighted by atomic mass is 9.86. The van der Waals surface area contributed by atoms with E-state index in [1.165, 1.54) is 0 Å². The van der Waals surface area contributed by atoms with Crippen LogP contribution in [0.25, 0.3) is 0 Å². The Morgan fingerprint density at radius 1 is 1.00 bits per heavy atom. The molecule has 0 N–H and O–H groups in total. The van der Waals surface area contributed by atoms with Gasteiger partial charge in [0.15, 0.2) is 11.5 Å². The normalized spacial score (nSPS) is 11.1. The standard InChI is InChI=1S/C23H30O4/c1-6-7-10-13-26-22-20(25-5)14-17(16-24)15-21(22)27-19-12-9-8-11-18(19)23(2,3)4/h8-9,11-12,14-16H,6-7,10,13H2,1-5H3. The Balaban J connectivity index is 2.44. The third kappa shape index (κ3) is 5.49. The zero-order valence-electron chi connectivity index (χ0n) is 17.0. The summed E-state index contributed by atoms with van der Waals surface area (Å²) in [6.45, 7) is 9.14. The average molecular weight is 370 g/mol. The van der Waals surface area contributed by atoms with Crippen LogP contribution < -0.4 is 14.2 Å². The molecule has 2 rings (SSSR count). The second-order valence-electron chi connectivity index (χ2n) is 7.57. The van der Waals surface area contributed by atoms with Crippen molar-refractivity contribution < 1.29 is 19.0 Å². The molecular formula is C23H30O4. The van der Waals surface area contributed by atoms with E-state index in [1.54, 1.807) is 19.2 Å². The number of hydrogen-bond donors (Lipinski definition) is 0. The fourth-order valence-corrected chi connectivity index (χ4v) is 2.85. The Bertz CT molecular complexity index is 759. The number of para-hydroxylation sites is 1. The third-order valence-electron chi connectivity index (χ3n) is 4.31. The smallest absolute Gasteiger partial charge is 0.204 e. The van der Waals surface area contributed by atoms with Gasteiger partial charge in [-0.2, -0.15) is 0 Å². The molecule has 0 fully saturated rings. The van der Waals surface area contributed by atoms with Crippen LogP contribution in [0.3, 0.4) is 0 Å². The van der Waals surface area contributed by atoms with E-state index in [1.807, 2.05) is 18.2 Å². The van der Waals surface area contributed by atoms with E-state index in [2.05, 4.69) is 33.8 Å². The molecule has 0 aliphatic carbocycles. The van der Waals surface area contributed by atoms with Gasteiger partial charge in [0.05, 0.1) is 13.7 Å². The second-order valence-corrected chi connectivity index (χ2v) is 7.57. The number of benzene rings is 2. The molecule has 0 bridgehead atoms. The first kappa shape index (κ1) is 20.8. The minimum absolute atomic E-state index is 0.0783. The van der Waals surface area contributed by atoms with Crippen molar-refractivity contribution in [2.24, 2.45) is 0 Å². The van der Waals surface area contributed by atoms with Crippen LogP contribution in [0.2, 0.25) is 0 Å². The quantitative estimate of drug-likeness (QED) is 0.391. The Labute approximate surface area is 162 Å². The molecule has 0 saturated carbocycles. The Morgan fingerprint density at radius 2 is 1.70 bits per heavy atom. The van der Waals surface area contributed by atoms with Crippen molar-refractivity contribution in [2.75, 3.05) is 13.7 Å². The topological polar surface area (TPSA) is 44.8 Å². The van der Waals surface area contributed by atoms with Crippen molar-refractivity contribution in [3.05, 3.63) is 47.5 Å². The molecule has 0 heterocycles. The number of carbonyl (C=O) groups excluding carboxylic acids is 1. The second kappa shape index (κ2) is 9.45. The highest BCUT2D eigenvalue weighted by atomic mass is 16.5. The molecule has 0 atom stereocenters. The number of unbranched alkanes of at least 4 members (excludes halogenated alkanes) is 2. The first-order chi connectivity index (χ1) is 12.9. The van der Waals surface area contributed by atoms with E-state index in [9.17, 15) is 4.79 Å². The van der Waals surface area contributed by atoms with E-state index in [4.69, 9.17) is 14.2 Å². The van der Waals surface area contributed by atoms with Crippen molar-refractivity contribution >= 4 is 6.29 Å². The van der Waals surface area contributed by atoms with Crippen molar-refractivity contribution in [2.45, 2.75) is 52.4 Å². The molecule has 4 heteroatoms. The van der Waals surface area contributed by atoms with Gasteiger partial charge in [0.1, 0.15) is 12.0 Å². The number of methoxy groups -OCH3 is 1. The molecule has 0 aliphatic rings. The molecule has 0 aliphatic heterocycles. The molecule has 4 nitrogen and oxygen atoms in total. The van der Waals surface area contributed by atoms with Crippen molar-refractivity contribution in [1.82, 2.24) is 0 Å². The van der Waals surface area contributed by atoms with Crippen LogP contribution in [-0.2, 0) is 5.41 Å². The van der Waals surface area contributed by atoms with Gasteiger partial charge in [0.25, 0.3) is 0 Å². The average Bonchev–Trinajstić information content (AvgIpc) is 2.65. The lowest BCUT2D eigenvalue weighted by molar-refractivity contribution is 0.112. The maximum Gasteiger partial charge on any atom is 0.204 e. The summed E-state index contributed by atoms with van der Waals surface area (Å²) in [5.41, 5.74) is 1.49. The van der Waals surface area contributed by atoms with Crippen LogP contribution in [-0.4, -0.2) is 20.0 Å². The number of ether oxygens (including phenoxy) is 3. The number of rotatable bonds is 9. The fraction of sp³-hybridized carbons (Fsp3) is 0.435. The van der Waals surface area contributed by atoms with Crippen LogP contribution in [0.1, 0.15) is 62.9 Å². The van der Waals surface area contributed by atoms with E-state index in [-0.39, 0.29) is 5.41 Å². The lowest BCUT2D eigenvalue weighted by Gasteiger charge is -2.23. The van der Waals surface area contributed by atoms with E-state index in [0.717, 1.165) is 36.9 Å². The maximum atomic E-state index is 11.4. The van der Waals surface area contributed by atoms with Gasteiger partial charge in [0, 0.05) is 11.1 Å². The van der Waals surface area contributed by atoms with Gasteiger partial charge < -0.3 is 14.2 Å². The summed E-state index contributed by atoms with van der Waals surface area (Å²) in [6.07, 6.45) is 3.95. The SMILES string of the molecule is CCCCCOc1c(OC)cc(C=O)cc1Oc1ccccc1C(C)(C)C. The van der Waals surface area contributed by atoms with Gasteiger partial charge in [0.2, 0.25) is 5.75 Å². The summed E-state index contributed by atoms with van der Waals surface area (Å²) >= 11 is 0. The Morgan fingerprint density at radius 3 is 2.33 bits per heavy atom. The largest absolute Gasteiger partial charge is 0.493 e. The monoisotopic (exact) mass is 370 g/mol. The van der Waals surface area contributed by atoms with Crippen molar-refractivity contribution in [1.29, 1.82) is 0 Å². The first-order valence-corrected chi connectivity index (χ1v) is 9.48. The summed E-state index contributed by atoms with van der Waals surface area (Å²) in [7, 11) is 1.57. The Kier molecular flexibility index (Phi) is 7.28. The van der Waals surface area contributed by atoms with Gasteiger partial charge in [-0.3, -0.25) is 4.79 Å². The molecule has 0 spiro atoms. The Hall–Kier alpha value is -2.49. The fourth-order valence-electron chi connectivity index (χ4n) is 2.85. The molecule has 0 radical (unpaired) electrons. The molecule has 0 unspecified atom stereocenters. The predicted octanol–water partition coefficient (Wildman–Crippen LogP) is 6.17. The molecule has 0 amide bonds. The summed E-state index contributed by atoms with van der Waals surface area (Å²) in [5, 5.41) is 0. The zero-order valence-corrected chi connectivity index (χ0v) is 17.0. The predicted molar refractivity (Wildman–Crippen MR) is 109 cm³/mol.